The van der Waals surface area contributed by atoms with Gasteiger partial charge in [0.15, 0.2) is 0 Å². The quantitative estimate of drug-likeness (QED) is 0.0746. The molecule has 0 saturated carbocycles. The van der Waals surface area contributed by atoms with Gasteiger partial charge >= 0.3 is 0 Å². The molecule has 4 aromatic rings. The summed E-state index contributed by atoms with van der Waals surface area (Å²) in [6.07, 6.45) is 10.9. The minimum absolute atomic E-state index is 0.160. The van der Waals surface area contributed by atoms with E-state index in [0.717, 1.165) is 44.3 Å². The van der Waals surface area contributed by atoms with Crippen molar-refractivity contribution in [1.29, 1.82) is 5.26 Å². The monoisotopic (exact) mass is 670 g/mol. The summed E-state index contributed by atoms with van der Waals surface area (Å²) in [6.45, 7) is 2.93. The molecule has 2 aromatic heterocycles. The fourth-order valence-corrected chi connectivity index (χ4v) is 5.37. The Hall–Kier alpha value is -4.73. The molecule has 5 rings (SSSR count). The van der Waals surface area contributed by atoms with Gasteiger partial charge in [-0.3, -0.25) is 14.8 Å². The number of nitrogens with zero attached hydrogens (tertiary/aromatic N) is 3. The predicted molar refractivity (Wildman–Crippen MR) is 186 cm³/mol. The first-order valence-corrected chi connectivity index (χ1v) is 16.4. The number of nitriles is 1. The Kier molecular flexibility index (Phi) is 13.0. The summed E-state index contributed by atoms with van der Waals surface area (Å²) >= 11 is 6.58. The molecule has 1 aliphatic heterocycles. The summed E-state index contributed by atoms with van der Waals surface area (Å²) in [5.74, 6) is 0.636. The molecular formula is C36H39ClN6O5. The van der Waals surface area contributed by atoms with E-state index in [1.807, 2.05) is 18.2 Å². The Bertz CT molecular complexity index is 1740. The molecule has 250 valence electrons. The van der Waals surface area contributed by atoms with Gasteiger partial charge in [0.1, 0.15) is 30.3 Å². The first kappa shape index (κ1) is 34.6. The lowest BCUT2D eigenvalue weighted by Gasteiger charge is -2.18. The van der Waals surface area contributed by atoms with Gasteiger partial charge in [-0.25, -0.2) is 0 Å². The van der Waals surface area contributed by atoms with Crippen molar-refractivity contribution >= 4 is 45.5 Å². The standard InChI is InChI=1S/C36H39ClN6O5/c37-30-18-26(10-11-33(30)47-23-27-8-3-5-15-40-27)42-36-25(21-38)22-41-31-20-34(48-28-12-17-46-24-28)32(19-29(31)36)43-35(45)9-7-14-39-13-4-1-2-6-16-44/h3,5,7-11,15,18-20,22,28,39,44H,1-2,4,6,12-14,16-17,23-24H2,(H,41,42)(H,43,45)/t28-/m0/s1. The Morgan fingerprint density at radius 3 is 2.79 bits per heavy atom. The fraction of sp³-hybridized carbons (Fsp3) is 0.333. The number of nitrogens with one attached hydrogen (secondary N) is 3. The van der Waals surface area contributed by atoms with Gasteiger partial charge in [-0.05, 0) is 55.8 Å². The topological polar surface area (TPSA) is 151 Å². The number of ether oxygens (including phenoxy) is 3. The van der Waals surface area contributed by atoms with E-state index < -0.39 is 0 Å². The van der Waals surface area contributed by atoms with Crippen LogP contribution >= 0.6 is 11.6 Å². The van der Waals surface area contributed by atoms with Gasteiger partial charge in [0.25, 0.3) is 0 Å². The van der Waals surface area contributed by atoms with E-state index in [2.05, 4.69) is 32.0 Å². The number of carbonyl (C=O) groups is 1. The number of hydrogen-bond donors (Lipinski definition) is 4. The molecule has 2 aromatic carbocycles. The average molecular weight is 671 g/mol. The first-order chi connectivity index (χ1) is 23.5. The van der Waals surface area contributed by atoms with Crippen molar-refractivity contribution in [2.45, 2.75) is 44.8 Å². The molecular weight excluding hydrogens is 632 g/mol. The number of amides is 1. The fourth-order valence-electron chi connectivity index (χ4n) is 5.14. The second kappa shape index (κ2) is 18.0. The number of aliphatic hydroxyl groups excluding tert-OH is 1. The third-order valence-corrected chi connectivity index (χ3v) is 7.92. The third kappa shape index (κ3) is 9.89. The Labute approximate surface area is 284 Å². The van der Waals surface area contributed by atoms with Crippen LogP contribution in [0, 0.1) is 11.3 Å². The lowest BCUT2D eigenvalue weighted by Crippen LogP contribution is -2.18. The summed E-state index contributed by atoms with van der Waals surface area (Å²) in [5, 5.41) is 29.4. The molecule has 0 aliphatic carbocycles. The maximum atomic E-state index is 13.0. The van der Waals surface area contributed by atoms with E-state index in [0.29, 0.717) is 69.8 Å². The molecule has 48 heavy (non-hydrogen) atoms. The van der Waals surface area contributed by atoms with Crippen LogP contribution in [0.5, 0.6) is 11.5 Å². The van der Waals surface area contributed by atoms with Crippen LogP contribution in [0.3, 0.4) is 0 Å². The molecule has 1 atom stereocenters. The Morgan fingerprint density at radius 1 is 1.12 bits per heavy atom. The maximum Gasteiger partial charge on any atom is 0.248 e. The Balaban J connectivity index is 1.34. The number of pyridine rings is 2. The van der Waals surface area contributed by atoms with Gasteiger partial charge in [-0.15, -0.1) is 0 Å². The highest BCUT2D eigenvalue weighted by atomic mass is 35.5. The predicted octanol–water partition coefficient (Wildman–Crippen LogP) is 6.28. The van der Waals surface area contributed by atoms with Gasteiger partial charge in [-0.1, -0.05) is 36.6 Å². The normalized spacial score (nSPS) is 14.2. The highest BCUT2D eigenvalue weighted by Crippen LogP contribution is 2.38. The Morgan fingerprint density at radius 2 is 2.02 bits per heavy atom. The molecule has 3 heterocycles. The van der Waals surface area contributed by atoms with Gasteiger partial charge in [0, 0.05) is 55.2 Å². The van der Waals surface area contributed by atoms with E-state index in [4.69, 9.17) is 30.9 Å². The van der Waals surface area contributed by atoms with E-state index >= 15 is 0 Å². The highest BCUT2D eigenvalue weighted by molar-refractivity contribution is 6.32. The van der Waals surface area contributed by atoms with Crippen LogP contribution < -0.4 is 25.4 Å². The molecule has 1 fully saturated rings. The maximum absolute atomic E-state index is 13.0. The van der Waals surface area contributed by atoms with E-state index in [9.17, 15) is 10.1 Å². The molecule has 1 amide bonds. The molecule has 1 aliphatic rings. The number of hydrogen-bond acceptors (Lipinski definition) is 10. The number of rotatable bonds is 17. The number of aromatic nitrogens is 2. The van der Waals surface area contributed by atoms with Gasteiger partial charge in [0.2, 0.25) is 5.91 Å². The summed E-state index contributed by atoms with van der Waals surface area (Å²) in [4.78, 5) is 21.8. The SMILES string of the molecule is N#Cc1cnc2cc(O[C@H]3CCOC3)c(NC(=O)C=CCNCCCCCCO)cc2c1Nc1ccc(OCc2ccccn2)c(Cl)c1. The summed E-state index contributed by atoms with van der Waals surface area (Å²) in [5.41, 5.74) is 3.24. The van der Waals surface area contributed by atoms with Crippen molar-refractivity contribution in [2.75, 3.05) is 43.5 Å². The van der Waals surface area contributed by atoms with Crippen LogP contribution in [0.1, 0.15) is 43.4 Å². The zero-order valence-corrected chi connectivity index (χ0v) is 27.3. The lowest BCUT2D eigenvalue weighted by molar-refractivity contribution is -0.111. The zero-order valence-electron chi connectivity index (χ0n) is 26.6. The van der Waals surface area contributed by atoms with Gasteiger partial charge in [-0.2, -0.15) is 5.26 Å². The largest absolute Gasteiger partial charge is 0.486 e. The van der Waals surface area contributed by atoms with Crippen molar-refractivity contribution in [3.8, 4) is 17.6 Å². The first-order valence-electron chi connectivity index (χ1n) is 16.0. The van der Waals surface area contributed by atoms with Crippen molar-refractivity contribution in [3.05, 3.63) is 89.4 Å². The minimum Gasteiger partial charge on any atom is -0.486 e. The minimum atomic E-state index is -0.321. The third-order valence-electron chi connectivity index (χ3n) is 7.63. The highest BCUT2D eigenvalue weighted by Gasteiger charge is 2.21. The number of fused-ring (bicyclic) bond motifs is 1. The number of unbranched alkanes of at least 4 members (excludes halogenated alkanes) is 3. The van der Waals surface area contributed by atoms with Crippen molar-refractivity contribution in [3.63, 3.8) is 0 Å². The van der Waals surface area contributed by atoms with Crippen molar-refractivity contribution in [1.82, 2.24) is 15.3 Å². The van der Waals surface area contributed by atoms with Gasteiger partial charge in [0.05, 0.1) is 46.4 Å². The van der Waals surface area contributed by atoms with Crippen LogP contribution in [0.2, 0.25) is 5.02 Å². The van der Waals surface area contributed by atoms with Crippen molar-refractivity contribution < 1.29 is 24.1 Å². The molecule has 12 heteroatoms. The number of aliphatic hydroxyl groups is 1. The smallest absolute Gasteiger partial charge is 0.248 e. The van der Waals surface area contributed by atoms with Crippen molar-refractivity contribution in [2.24, 2.45) is 0 Å². The molecule has 0 bridgehead atoms. The molecule has 4 N–H and O–H groups in total. The van der Waals surface area contributed by atoms with E-state index in [1.165, 1.54) is 12.3 Å². The molecule has 11 nitrogen and oxygen atoms in total. The van der Waals surface area contributed by atoms with Crippen LogP contribution in [-0.4, -0.2) is 60.0 Å². The number of anilines is 3. The number of halogens is 1. The molecule has 0 unspecified atom stereocenters. The zero-order chi connectivity index (χ0) is 33.6. The summed E-state index contributed by atoms with van der Waals surface area (Å²) in [6, 6.07) is 16.6. The molecule has 0 spiro atoms. The summed E-state index contributed by atoms with van der Waals surface area (Å²) in [7, 11) is 0. The van der Waals surface area contributed by atoms with Gasteiger partial charge < -0.3 is 35.3 Å². The van der Waals surface area contributed by atoms with Crippen LogP contribution in [0.4, 0.5) is 17.1 Å². The number of benzene rings is 2. The van der Waals surface area contributed by atoms with E-state index in [-0.39, 0.29) is 25.2 Å². The lowest BCUT2D eigenvalue weighted by atomic mass is 10.1. The molecule has 1 saturated heterocycles. The average Bonchev–Trinajstić information content (AvgIpc) is 3.61. The van der Waals surface area contributed by atoms with Crippen LogP contribution in [0.25, 0.3) is 10.9 Å². The number of carbonyl (C=O) groups excluding carboxylic acids is 1. The van der Waals surface area contributed by atoms with Crippen LogP contribution in [-0.2, 0) is 16.1 Å². The second-order valence-electron chi connectivity index (χ2n) is 11.2. The van der Waals surface area contributed by atoms with E-state index in [1.54, 1.807) is 42.6 Å². The second-order valence-corrected chi connectivity index (χ2v) is 11.6. The molecule has 0 radical (unpaired) electrons. The summed E-state index contributed by atoms with van der Waals surface area (Å²) < 4.78 is 17.6. The van der Waals surface area contributed by atoms with Crippen LogP contribution in [0.15, 0.2) is 73.1 Å².